The number of ether oxygens (including phenoxy) is 1. The highest BCUT2D eigenvalue weighted by Gasteiger charge is 2.24. The second-order valence-electron chi connectivity index (χ2n) is 3.59. The average molecular weight is 371 g/mol. The van der Waals surface area contributed by atoms with Gasteiger partial charge in [-0.05, 0) is 12.5 Å². The van der Waals surface area contributed by atoms with Crippen LogP contribution in [-0.4, -0.2) is 19.9 Å². The van der Waals surface area contributed by atoms with Crippen LogP contribution in [0.15, 0.2) is 28.1 Å². The second kappa shape index (κ2) is 5.89. The van der Waals surface area contributed by atoms with Crippen molar-refractivity contribution in [3.63, 3.8) is 0 Å². The summed E-state index contributed by atoms with van der Waals surface area (Å²) in [5.74, 6) is -0.0267. The number of nitro benzene ring substituents is 1. The van der Waals surface area contributed by atoms with Crippen molar-refractivity contribution >= 4 is 41.4 Å². The van der Waals surface area contributed by atoms with Crippen LogP contribution in [0.4, 0.5) is 5.69 Å². The molecule has 0 saturated carbocycles. The maximum Gasteiger partial charge on any atom is 0.271 e. The molecule has 0 aromatic heterocycles. The number of nitrogens with zero attached hydrogens (tertiary/aromatic N) is 1. The molecule has 0 unspecified atom stereocenters. The van der Waals surface area contributed by atoms with Crippen LogP contribution < -0.4 is 4.74 Å². The van der Waals surface area contributed by atoms with Crippen LogP contribution in [0.1, 0.15) is 5.56 Å². The molecular weight excluding hydrogens is 362 g/mol. The molecular formula is C10H9BrClNO5S. The molecule has 0 aliphatic carbocycles. The van der Waals surface area contributed by atoms with Crippen molar-refractivity contribution in [2.75, 3.05) is 6.61 Å². The summed E-state index contributed by atoms with van der Waals surface area (Å²) in [6, 6.07) is 2.07. The van der Waals surface area contributed by atoms with Gasteiger partial charge in [0.05, 0.1) is 4.92 Å². The Balaban J connectivity index is 3.44. The maximum absolute atomic E-state index is 11.5. The van der Waals surface area contributed by atoms with E-state index >= 15 is 0 Å². The largest absolute Gasteiger partial charge is 0.487 e. The highest BCUT2D eigenvalue weighted by atomic mass is 79.9. The maximum atomic E-state index is 11.5. The molecule has 6 nitrogen and oxygen atoms in total. The number of halogens is 2. The summed E-state index contributed by atoms with van der Waals surface area (Å²) in [4.78, 5) is 9.58. The summed E-state index contributed by atoms with van der Waals surface area (Å²) in [7, 11) is 1.10. The Morgan fingerprint density at radius 2 is 2.16 bits per heavy atom. The molecule has 104 valence electrons. The molecule has 19 heavy (non-hydrogen) atoms. The van der Waals surface area contributed by atoms with E-state index in [0.717, 1.165) is 6.07 Å². The molecule has 0 radical (unpaired) electrons. The molecule has 0 aliphatic rings. The normalized spacial score (nSPS) is 11.1. The van der Waals surface area contributed by atoms with Gasteiger partial charge in [-0.1, -0.05) is 22.5 Å². The quantitative estimate of drug-likeness (QED) is 0.451. The van der Waals surface area contributed by atoms with E-state index in [2.05, 4.69) is 22.5 Å². The molecule has 0 N–H and O–H groups in total. The molecule has 0 spiro atoms. The van der Waals surface area contributed by atoms with Gasteiger partial charge >= 0.3 is 0 Å². The molecule has 0 heterocycles. The fourth-order valence-corrected chi connectivity index (χ4v) is 2.51. The van der Waals surface area contributed by atoms with E-state index in [1.807, 2.05) is 0 Å². The summed E-state index contributed by atoms with van der Waals surface area (Å²) in [6.07, 6.45) is 0. The van der Waals surface area contributed by atoms with Crippen molar-refractivity contribution in [2.45, 2.75) is 11.8 Å². The lowest BCUT2D eigenvalue weighted by atomic mass is 10.2. The number of rotatable bonds is 5. The monoisotopic (exact) mass is 369 g/mol. The summed E-state index contributed by atoms with van der Waals surface area (Å²) in [5, 5.41) is 10.7. The lowest BCUT2D eigenvalue weighted by Gasteiger charge is -2.11. The number of non-ortho nitro benzene ring substituents is 1. The van der Waals surface area contributed by atoms with Crippen LogP contribution in [0, 0.1) is 17.0 Å². The van der Waals surface area contributed by atoms with Crippen molar-refractivity contribution in [1.82, 2.24) is 0 Å². The molecule has 0 amide bonds. The predicted molar refractivity (Wildman–Crippen MR) is 74.4 cm³/mol. The summed E-state index contributed by atoms with van der Waals surface area (Å²) in [6.45, 7) is 5.04. The minimum Gasteiger partial charge on any atom is -0.487 e. The van der Waals surface area contributed by atoms with Crippen molar-refractivity contribution in [3.8, 4) is 5.75 Å². The zero-order chi connectivity index (χ0) is 14.8. The fraction of sp³-hybridized carbons (Fsp3) is 0.200. The Labute approximate surface area is 122 Å². The predicted octanol–water partition coefficient (Wildman–Crippen LogP) is 3.12. The number of benzene rings is 1. The first-order valence-corrected chi connectivity index (χ1v) is 7.93. The van der Waals surface area contributed by atoms with E-state index in [1.165, 1.54) is 13.0 Å². The van der Waals surface area contributed by atoms with Gasteiger partial charge in [-0.25, -0.2) is 8.42 Å². The van der Waals surface area contributed by atoms with Gasteiger partial charge in [0.15, 0.2) is 0 Å². The Morgan fingerprint density at radius 1 is 1.58 bits per heavy atom. The third kappa shape index (κ3) is 4.19. The van der Waals surface area contributed by atoms with E-state index in [0.29, 0.717) is 10.0 Å². The number of hydrogen-bond donors (Lipinski definition) is 0. The lowest BCUT2D eigenvalue weighted by molar-refractivity contribution is -0.385. The zero-order valence-corrected chi connectivity index (χ0v) is 12.9. The van der Waals surface area contributed by atoms with Crippen LogP contribution in [0.2, 0.25) is 0 Å². The van der Waals surface area contributed by atoms with Crippen LogP contribution in [0.3, 0.4) is 0 Å². The van der Waals surface area contributed by atoms with Crippen molar-refractivity contribution in [2.24, 2.45) is 0 Å². The Bertz CT molecular complexity index is 644. The van der Waals surface area contributed by atoms with E-state index in [-0.39, 0.29) is 18.0 Å². The molecule has 0 fully saturated rings. The Morgan fingerprint density at radius 3 is 2.58 bits per heavy atom. The minimum atomic E-state index is -4.16. The molecule has 0 atom stereocenters. The fourth-order valence-electron chi connectivity index (χ4n) is 1.35. The number of aryl methyl sites for hydroxylation is 1. The third-order valence-electron chi connectivity index (χ3n) is 2.07. The van der Waals surface area contributed by atoms with E-state index < -0.39 is 18.9 Å². The molecule has 0 aliphatic heterocycles. The van der Waals surface area contributed by atoms with E-state index in [1.54, 1.807) is 0 Å². The first kappa shape index (κ1) is 15.9. The smallest absolute Gasteiger partial charge is 0.271 e. The van der Waals surface area contributed by atoms with Gasteiger partial charge in [0.2, 0.25) is 0 Å². The van der Waals surface area contributed by atoms with Gasteiger partial charge in [0.25, 0.3) is 14.7 Å². The molecule has 0 bridgehead atoms. The van der Waals surface area contributed by atoms with Crippen molar-refractivity contribution in [1.29, 1.82) is 0 Å². The molecule has 1 rings (SSSR count). The summed E-state index contributed by atoms with van der Waals surface area (Å²) in [5.41, 5.74) is -0.0797. The summed E-state index contributed by atoms with van der Waals surface area (Å²) < 4.78 is 28.7. The van der Waals surface area contributed by atoms with Gasteiger partial charge in [0.1, 0.15) is 17.3 Å². The SMILES string of the molecule is C=C(Br)COc1c(C)cc([N+](=O)[O-])cc1S(=O)(=O)Cl. The highest BCUT2D eigenvalue weighted by Crippen LogP contribution is 2.34. The highest BCUT2D eigenvalue weighted by molar-refractivity contribution is 9.11. The van der Waals surface area contributed by atoms with Crippen molar-refractivity contribution < 1.29 is 18.1 Å². The Kier molecular flexibility index (Phi) is 4.94. The number of hydrogen-bond acceptors (Lipinski definition) is 5. The number of nitro groups is 1. The molecule has 0 saturated heterocycles. The first-order chi connectivity index (χ1) is 8.62. The summed E-state index contributed by atoms with van der Waals surface area (Å²) >= 11 is 3.06. The first-order valence-electron chi connectivity index (χ1n) is 4.82. The van der Waals surface area contributed by atoms with Gasteiger partial charge in [-0.2, -0.15) is 0 Å². The molecule has 1 aromatic carbocycles. The van der Waals surface area contributed by atoms with Gasteiger partial charge in [0, 0.05) is 27.3 Å². The van der Waals surface area contributed by atoms with E-state index in [9.17, 15) is 18.5 Å². The van der Waals surface area contributed by atoms with Crippen molar-refractivity contribution in [3.05, 3.63) is 38.9 Å². The van der Waals surface area contributed by atoms with Gasteiger partial charge in [-0.15, -0.1) is 0 Å². The van der Waals surface area contributed by atoms with E-state index in [4.69, 9.17) is 15.4 Å². The molecule has 1 aromatic rings. The van der Waals surface area contributed by atoms with Crippen LogP contribution in [-0.2, 0) is 9.05 Å². The van der Waals surface area contributed by atoms with Gasteiger partial charge in [-0.3, -0.25) is 10.1 Å². The van der Waals surface area contributed by atoms with Crippen LogP contribution in [0.5, 0.6) is 5.75 Å². The third-order valence-corrected chi connectivity index (χ3v) is 3.63. The van der Waals surface area contributed by atoms with Crippen LogP contribution >= 0.6 is 26.6 Å². The average Bonchev–Trinajstić information content (AvgIpc) is 2.24. The molecule has 9 heteroatoms. The lowest BCUT2D eigenvalue weighted by Crippen LogP contribution is -2.05. The second-order valence-corrected chi connectivity index (χ2v) is 7.25. The minimum absolute atomic E-state index is 0.0120. The Hall–Kier alpha value is -1.12. The van der Waals surface area contributed by atoms with Gasteiger partial charge < -0.3 is 4.74 Å². The topological polar surface area (TPSA) is 86.5 Å². The van der Waals surface area contributed by atoms with Crippen LogP contribution in [0.25, 0.3) is 0 Å². The standard InChI is InChI=1S/C10H9BrClNO5S/c1-6-3-8(13(14)15)4-9(19(12,16)17)10(6)18-5-7(2)11/h3-4H,2,5H2,1H3. The zero-order valence-electron chi connectivity index (χ0n) is 9.72.